The highest BCUT2D eigenvalue weighted by Gasteiger charge is 2.18. The third kappa shape index (κ3) is 3.52. The molecule has 0 spiro atoms. The first-order chi connectivity index (χ1) is 8.56. The van der Waals surface area contributed by atoms with Crippen LogP contribution in [0, 0.1) is 0 Å². The van der Waals surface area contributed by atoms with Crippen molar-refractivity contribution in [3.8, 4) is 0 Å². The van der Waals surface area contributed by atoms with Crippen molar-refractivity contribution in [3.63, 3.8) is 0 Å². The molecule has 1 aliphatic heterocycles. The molecule has 1 saturated heterocycles. The van der Waals surface area contributed by atoms with E-state index in [9.17, 15) is 8.42 Å². The summed E-state index contributed by atoms with van der Waals surface area (Å²) < 4.78 is 26.1. The van der Waals surface area contributed by atoms with Crippen molar-refractivity contribution < 1.29 is 8.42 Å². The van der Waals surface area contributed by atoms with Crippen molar-refractivity contribution in [2.24, 2.45) is 9.54 Å². The number of hydrogen-bond acceptors (Lipinski definition) is 3. The van der Waals surface area contributed by atoms with Crippen LogP contribution < -0.4 is 10.5 Å². The number of nitrogens with zero attached hydrogens (tertiary/aromatic N) is 2. The van der Waals surface area contributed by atoms with Crippen LogP contribution in [0.1, 0.15) is 5.56 Å². The first-order valence-electron chi connectivity index (χ1n) is 5.70. The van der Waals surface area contributed by atoms with Gasteiger partial charge in [0.05, 0.1) is 0 Å². The number of nitrogens with one attached hydrogen (secondary N) is 1. The second-order valence-corrected chi connectivity index (χ2v) is 5.25. The molecule has 3 N–H and O–H groups in total. The van der Waals surface area contributed by atoms with Crippen LogP contribution in [0.15, 0.2) is 34.7 Å². The Balaban J connectivity index is 2.37. The average molecular weight is 268 g/mol. The summed E-state index contributed by atoms with van der Waals surface area (Å²) >= 11 is 0. The van der Waals surface area contributed by atoms with Crippen LogP contribution in [0.2, 0.25) is 0 Å². The van der Waals surface area contributed by atoms with Crippen molar-refractivity contribution in [3.05, 3.63) is 35.9 Å². The first-order valence-corrected chi connectivity index (χ1v) is 7.20. The van der Waals surface area contributed by atoms with E-state index in [0.717, 1.165) is 18.7 Å². The lowest BCUT2D eigenvalue weighted by Crippen LogP contribution is -2.47. The van der Waals surface area contributed by atoms with Crippen LogP contribution in [0.25, 0.3) is 0 Å². The molecule has 0 atom stereocenters. The largest absolute Gasteiger partial charge is 0.353 e. The highest BCUT2D eigenvalue weighted by Crippen LogP contribution is 2.08. The van der Waals surface area contributed by atoms with Crippen molar-refractivity contribution in [2.45, 2.75) is 0 Å². The monoisotopic (exact) mass is 268 g/mol. The third-order valence-corrected chi connectivity index (χ3v) is 3.09. The van der Waals surface area contributed by atoms with Crippen molar-refractivity contribution in [1.82, 2.24) is 10.2 Å². The van der Waals surface area contributed by atoms with E-state index in [2.05, 4.69) is 9.71 Å². The number of hydrogen-bond donors (Lipinski definition) is 2. The van der Waals surface area contributed by atoms with Crippen LogP contribution in [-0.2, 0) is 10.2 Å². The Morgan fingerprint density at radius 3 is 2.39 bits per heavy atom. The molecule has 98 valence electrons. The zero-order chi connectivity index (χ0) is 13.0. The van der Waals surface area contributed by atoms with Gasteiger partial charge in [0.2, 0.25) is 0 Å². The van der Waals surface area contributed by atoms with Gasteiger partial charge in [-0.1, -0.05) is 30.3 Å². The fraction of sp³-hybridized carbons (Fsp3) is 0.364. The number of nitrogens with two attached hydrogens (primary N) is 1. The summed E-state index contributed by atoms with van der Waals surface area (Å²) in [6.07, 6.45) is 0. The molecule has 6 nitrogen and oxygen atoms in total. The highest BCUT2D eigenvalue weighted by molar-refractivity contribution is 7.88. The van der Waals surface area contributed by atoms with Crippen LogP contribution >= 0.6 is 0 Å². The van der Waals surface area contributed by atoms with Crippen LogP contribution in [0.3, 0.4) is 0 Å². The Kier molecular flexibility index (Phi) is 3.95. The molecule has 7 heteroatoms. The number of piperazine rings is 1. The molecule has 1 aliphatic rings. The van der Waals surface area contributed by atoms with Crippen LogP contribution in [0.5, 0.6) is 0 Å². The first kappa shape index (κ1) is 13.0. The summed E-state index contributed by atoms with van der Waals surface area (Å²) in [6.45, 7) is 3.03. The predicted octanol–water partition coefficient (Wildman–Crippen LogP) is -0.458. The lowest BCUT2D eigenvalue weighted by Gasteiger charge is -2.30. The second-order valence-electron chi connectivity index (χ2n) is 4.03. The van der Waals surface area contributed by atoms with Gasteiger partial charge in [-0.3, -0.25) is 0 Å². The molecule has 0 aliphatic carbocycles. The minimum absolute atomic E-state index is 0.416. The molecule has 0 bridgehead atoms. The van der Waals surface area contributed by atoms with E-state index in [1.807, 2.05) is 35.2 Å². The van der Waals surface area contributed by atoms with E-state index in [4.69, 9.17) is 5.14 Å². The summed E-state index contributed by atoms with van der Waals surface area (Å²) in [7, 11) is -3.89. The Morgan fingerprint density at radius 2 is 1.83 bits per heavy atom. The summed E-state index contributed by atoms with van der Waals surface area (Å²) in [5.74, 6) is 0.416. The zero-order valence-electron chi connectivity index (χ0n) is 9.91. The topological polar surface area (TPSA) is 87.8 Å². The van der Waals surface area contributed by atoms with E-state index >= 15 is 0 Å². The van der Waals surface area contributed by atoms with Gasteiger partial charge in [0, 0.05) is 31.7 Å². The molecule has 2 rings (SSSR count). The molecule has 0 unspecified atom stereocenters. The highest BCUT2D eigenvalue weighted by atomic mass is 32.2. The Morgan fingerprint density at radius 1 is 1.22 bits per heavy atom. The van der Waals surface area contributed by atoms with E-state index in [-0.39, 0.29) is 0 Å². The minimum Gasteiger partial charge on any atom is -0.353 e. The Labute approximate surface area is 107 Å². The van der Waals surface area contributed by atoms with Crippen molar-refractivity contribution >= 4 is 16.0 Å². The molecular formula is C11H16N4O2S. The number of rotatable bonds is 2. The standard InChI is InChI=1S/C11H16N4O2S/c12-18(16,17)14-11(10-4-2-1-3-5-10)15-8-6-13-7-9-15/h1-5,13H,6-9H2,(H2,12,16,17). The molecule has 0 radical (unpaired) electrons. The molecule has 1 aromatic carbocycles. The average Bonchev–Trinajstić information content (AvgIpc) is 2.37. The van der Waals surface area contributed by atoms with Gasteiger partial charge >= 0.3 is 10.2 Å². The Bertz CT molecular complexity index is 521. The molecule has 0 saturated carbocycles. The van der Waals surface area contributed by atoms with Gasteiger partial charge in [-0.15, -0.1) is 4.40 Å². The number of amidine groups is 1. The molecular weight excluding hydrogens is 252 g/mol. The number of benzene rings is 1. The fourth-order valence-electron chi connectivity index (χ4n) is 1.88. The molecule has 18 heavy (non-hydrogen) atoms. The predicted molar refractivity (Wildman–Crippen MR) is 70.5 cm³/mol. The lowest BCUT2D eigenvalue weighted by molar-refractivity contribution is 0.358. The molecule has 1 heterocycles. The third-order valence-electron chi connectivity index (χ3n) is 2.66. The van der Waals surface area contributed by atoms with Gasteiger partial charge < -0.3 is 10.2 Å². The van der Waals surface area contributed by atoms with Gasteiger partial charge in [-0.05, 0) is 0 Å². The van der Waals surface area contributed by atoms with Crippen molar-refractivity contribution in [1.29, 1.82) is 0 Å². The maximum absolute atomic E-state index is 11.2. The van der Waals surface area contributed by atoms with Crippen molar-refractivity contribution in [2.75, 3.05) is 26.2 Å². The fourth-order valence-corrected chi connectivity index (χ4v) is 2.34. The normalized spacial score (nSPS) is 17.8. The molecule has 0 aromatic heterocycles. The van der Waals surface area contributed by atoms with Gasteiger partial charge in [-0.2, -0.15) is 8.42 Å². The minimum atomic E-state index is -3.89. The van der Waals surface area contributed by atoms with E-state index in [1.54, 1.807) is 0 Å². The van der Waals surface area contributed by atoms with E-state index in [1.165, 1.54) is 0 Å². The van der Waals surface area contributed by atoms with Gasteiger partial charge in [0.1, 0.15) is 5.84 Å². The summed E-state index contributed by atoms with van der Waals surface area (Å²) in [5.41, 5.74) is 0.758. The lowest BCUT2D eigenvalue weighted by atomic mass is 10.2. The summed E-state index contributed by atoms with van der Waals surface area (Å²) in [4.78, 5) is 1.93. The summed E-state index contributed by atoms with van der Waals surface area (Å²) in [5, 5.41) is 8.23. The molecule has 1 fully saturated rings. The molecule has 0 amide bonds. The quantitative estimate of drug-likeness (QED) is 0.561. The summed E-state index contributed by atoms with van der Waals surface area (Å²) in [6, 6.07) is 9.21. The van der Waals surface area contributed by atoms with Gasteiger partial charge in [0.15, 0.2) is 0 Å². The second kappa shape index (κ2) is 5.47. The van der Waals surface area contributed by atoms with E-state index < -0.39 is 10.2 Å². The van der Waals surface area contributed by atoms with Crippen LogP contribution in [-0.4, -0.2) is 45.3 Å². The Hall–Kier alpha value is -1.44. The SMILES string of the molecule is NS(=O)(=O)N=C(c1ccccc1)N1CCNCC1. The maximum atomic E-state index is 11.2. The van der Waals surface area contributed by atoms with E-state index in [0.29, 0.717) is 18.9 Å². The smallest absolute Gasteiger partial charge is 0.319 e. The van der Waals surface area contributed by atoms with Gasteiger partial charge in [-0.25, -0.2) is 5.14 Å². The maximum Gasteiger partial charge on any atom is 0.319 e. The zero-order valence-corrected chi connectivity index (χ0v) is 10.7. The molecule has 1 aromatic rings. The van der Waals surface area contributed by atoms with Crippen LogP contribution in [0.4, 0.5) is 0 Å². The van der Waals surface area contributed by atoms with Gasteiger partial charge in [0.25, 0.3) is 0 Å².